The van der Waals surface area contributed by atoms with Gasteiger partial charge in [0.05, 0.1) is 0 Å². The SMILES string of the molecule is C=CC[C@@H](CC(C)C)NC(=O)OC(C)(C)C. The van der Waals surface area contributed by atoms with E-state index in [0.717, 1.165) is 12.8 Å². The van der Waals surface area contributed by atoms with Crippen molar-refractivity contribution in [3.05, 3.63) is 12.7 Å². The molecular weight excluding hydrogens is 202 g/mol. The van der Waals surface area contributed by atoms with E-state index in [-0.39, 0.29) is 12.1 Å². The Morgan fingerprint density at radius 3 is 2.38 bits per heavy atom. The lowest BCUT2D eigenvalue weighted by Crippen LogP contribution is -2.39. The van der Waals surface area contributed by atoms with Crippen molar-refractivity contribution in [1.29, 1.82) is 0 Å². The second kappa shape index (κ2) is 6.56. The number of carbonyl (C=O) groups is 1. The summed E-state index contributed by atoms with van der Waals surface area (Å²) in [4.78, 5) is 11.6. The van der Waals surface area contributed by atoms with E-state index in [4.69, 9.17) is 4.74 Å². The van der Waals surface area contributed by atoms with Crippen LogP contribution in [0.15, 0.2) is 12.7 Å². The number of rotatable bonds is 5. The Labute approximate surface area is 99.3 Å². The molecule has 0 heterocycles. The third kappa shape index (κ3) is 8.33. The van der Waals surface area contributed by atoms with Gasteiger partial charge in [-0.25, -0.2) is 4.79 Å². The number of amides is 1. The first kappa shape index (κ1) is 15.0. The van der Waals surface area contributed by atoms with Gasteiger partial charge >= 0.3 is 6.09 Å². The molecule has 0 aromatic heterocycles. The highest BCUT2D eigenvalue weighted by Crippen LogP contribution is 2.11. The highest BCUT2D eigenvalue weighted by Gasteiger charge is 2.19. The number of hydrogen-bond donors (Lipinski definition) is 1. The molecule has 0 aliphatic heterocycles. The number of hydrogen-bond acceptors (Lipinski definition) is 2. The zero-order chi connectivity index (χ0) is 12.8. The Morgan fingerprint density at radius 1 is 1.44 bits per heavy atom. The van der Waals surface area contributed by atoms with Crippen LogP contribution >= 0.6 is 0 Å². The van der Waals surface area contributed by atoms with E-state index in [9.17, 15) is 4.79 Å². The Morgan fingerprint density at radius 2 is 2.00 bits per heavy atom. The van der Waals surface area contributed by atoms with Crippen LogP contribution in [-0.2, 0) is 4.74 Å². The Bertz CT molecular complexity index is 229. The monoisotopic (exact) mass is 227 g/mol. The fourth-order valence-electron chi connectivity index (χ4n) is 1.46. The predicted molar refractivity (Wildman–Crippen MR) is 67.4 cm³/mol. The van der Waals surface area contributed by atoms with E-state index in [2.05, 4.69) is 25.7 Å². The van der Waals surface area contributed by atoms with Gasteiger partial charge in [-0.05, 0) is 39.5 Å². The highest BCUT2D eigenvalue weighted by molar-refractivity contribution is 5.68. The Balaban J connectivity index is 4.17. The van der Waals surface area contributed by atoms with E-state index in [0.29, 0.717) is 5.92 Å². The molecule has 94 valence electrons. The minimum absolute atomic E-state index is 0.118. The fraction of sp³-hybridized carbons (Fsp3) is 0.769. The Kier molecular flexibility index (Phi) is 6.16. The van der Waals surface area contributed by atoms with Gasteiger partial charge in [-0.1, -0.05) is 19.9 Å². The van der Waals surface area contributed by atoms with Crippen LogP contribution < -0.4 is 5.32 Å². The molecule has 0 aromatic carbocycles. The smallest absolute Gasteiger partial charge is 0.407 e. The second-order valence-corrected chi connectivity index (χ2v) is 5.50. The van der Waals surface area contributed by atoms with Crippen LogP contribution in [0.3, 0.4) is 0 Å². The van der Waals surface area contributed by atoms with Gasteiger partial charge in [0.15, 0.2) is 0 Å². The first-order chi connectivity index (χ1) is 7.24. The van der Waals surface area contributed by atoms with Crippen LogP contribution in [0.1, 0.15) is 47.5 Å². The summed E-state index contributed by atoms with van der Waals surface area (Å²) >= 11 is 0. The molecule has 3 heteroatoms. The van der Waals surface area contributed by atoms with Crippen molar-refractivity contribution in [2.75, 3.05) is 0 Å². The average Bonchev–Trinajstić information content (AvgIpc) is 1.98. The summed E-state index contributed by atoms with van der Waals surface area (Å²) in [6.07, 6.45) is 3.19. The van der Waals surface area contributed by atoms with Gasteiger partial charge in [0, 0.05) is 6.04 Å². The summed E-state index contributed by atoms with van der Waals surface area (Å²) in [6, 6.07) is 0.118. The molecule has 0 bridgehead atoms. The molecule has 0 aromatic rings. The molecule has 3 nitrogen and oxygen atoms in total. The van der Waals surface area contributed by atoms with Gasteiger partial charge in [0.25, 0.3) is 0 Å². The average molecular weight is 227 g/mol. The molecule has 1 N–H and O–H groups in total. The van der Waals surface area contributed by atoms with Crippen LogP contribution in [0.25, 0.3) is 0 Å². The molecule has 0 spiro atoms. The highest BCUT2D eigenvalue weighted by atomic mass is 16.6. The largest absolute Gasteiger partial charge is 0.444 e. The third-order valence-corrected chi connectivity index (χ3v) is 1.93. The van der Waals surface area contributed by atoms with Gasteiger partial charge in [-0.2, -0.15) is 0 Å². The summed E-state index contributed by atoms with van der Waals surface area (Å²) in [5.74, 6) is 0.542. The molecular formula is C13H25NO2. The molecule has 16 heavy (non-hydrogen) atoms. The van der Waals surface area contributed by atoms with Crippen molar-refractivity contribution < 1.29 is 9.53 Å². The zero-order valence-electron chi connectivity index (χ0n) is 11.2. The normalized spacial score (nSPS) is 13.4. The van der Waals surface area contributed by atoms with Gasteiger partial charge < -0.3 is 10.1 Å². The van der Waals surface area contributed by atoms with E-state index >= 15 is 0 Å². The van der Waals surface area contributed by atoms with Gasteiger partial charge in [-0.3, -0.25) is 0 Å². The first-order valence-electron chi connectivity index (χ1n) is 5.85. The predicted octanol–water partition coefficient (Wildman–Crippen LogP) is 3.50. The fourth-order valence-corrected chi connectivity index (χ4v) is 1.46. The molecule has 0 fully saturated rings. The third-order valence-electron chi connectivity index (χ3n) is 1.93. The van der Waals surface area contributed by atoms with Crippen molar-refractivity contribution in [3.8, 4) is 0 Å². The summed E-state index contributed by atoms with van der Waals surface area (Å²) in [5, 5.41) is 2.87. The van der Waals surface area contributed by atoms with Crippen LogP contribution in [0.2, 0.25) is 0 Å². The van der Waals surface area contributed by atoms with Crippen LogP contribution in [-0.4, -0.2) is 17.7 Å². The van der Waals surface area contributed by atoms with Gasteiger partial charge in [-0.15, -0.1) is 6.58 Å². The van der Waals surface area contributed by atoms with E-state index in [1.54, 1.807) is 0 Å². The molecule has 1 amide bonds. The molecule has 0 saturated heterocycles. The molecule has 0 saturated carbocycles. The van der Waals surface area contributed by atoms with Crippen LogP contribution in [0.5, 0.6) is 0 Å². The van der Waals surface area contributed by atoms with Gasteiger partial charge in [0.2, 0.25) is 0 Å². The van der Waals surface area contributed by atoms with Crippen molar-refractivity contribution in [1.82, 2.24) is 5.32 Å². The zero-order valence-corrected chi connectivity index (χ0v) is 11.2. The Hall–Kier alpha value is -0.990. The summed E-state index contributed by atoms with van der Waals surface area (Å²) in [5.41, 5.74) is -0.444. The lowest BCUT2D eigenvalue weighted by Gasteiger charge is -2.24. The first-order valence-corrected chi connectivity index (χ1v) is 5.85. The second-order valence-electron chi connectivity index (χ2n) is 5.50. The number of alkyl carbamates (subject to hydrolysis) is 1. The summed E-state index contributed by atoms with van der Waals surface area (Å²) < 4.78 is 5.21. The minimum atomic E-state index is -0.444. The molecule has 0 aliphatic carbocycles. The maximum atomic E-state index is 11.6. The molecule has 0 aliphatic rings. The standard InChI is InChI=1S/C13H25NO2/c1-7-8-11(9-10(2)3)14-12(15)16-13(4,5)6/h7,10-11H,1,8-9H2,2-6H3,(H,14,15)/t11-/m0/s1. The lowest BCUT2D eigenvalue weighted by molar-refractivity contribution is 0.0499. The van der Waals surface area contributed by atoms with Crippen molar-refractivity contribution in [2.24, 2.45) is 5.92 Å². The van der Waals surface area contributed by atoms with Crippen LogP contribution in [0, 0.1) is 5.92 Å². The maximum absolute atomic E-state index is 11.6. The number of carbonyl (C=O) groups excluding carboxylic acids is 1. The van der Waals surface area contributed by atoms with Crippen molar-refractivity contribution >= 4 is 6.09 Å². The number of nitrogens with one attached hydrogen (secondary N) is 1. The molecule has 0 unspecified atom stereocenters. The van der Waals surface area contributed by atoms with Gasteiger partial charge in [0.1, 0.15) is 5.60 Å². The summed E-state index contributed by atoms with van der Waals surface area (Å²) in [7, 11) is 0. The molecule has 0 radical (unpaired) electrons. The quantitative estimate of drug-likeness (QED) is 0.730. The minimum Gasteiger partial charge on any atom is -0.444 e. The van der Waals surface area contributed by atoms with E-state index < -0.39 is 5.60 Å². The van der Waals surface area contributed by atoms with Crippen molar-refractivity contribution in [3.63, 3.8) is 0 Å². The van der Waals surface area contributed by atoms with E-state index in [1.165, 1.54) is 0 Å². The maximum Gasteiger partial charge on any atom is 0.407 e. The molecule has 0 rings (SSSR count). The molecule has 1 atom stereocenters. The summed E-state index contributed by atoms with van der Waals surface area (Å²) in [6.45, 7) is 13.5. The number of ether oxygens (including phenoxy) is 1. The van der Waals surface area contributed by atoms with Crippen LogP contribution in [0.4, 0.5) is 4.79 Å². The lowest BCUT2D eigenvalue weighted by atomic mass is 10.0. The van der Waals surface area contributed by atoms with E-state index in [1.807, 2.05) is 26.8 Å². The van der Waals surface area contributed by atoms with Crippen molar-refractivity contribution in [2.45, 2.75) is 59.1 Å². The topological polar surface area (TPSA) is 38.3 Å².